The van der Waals surface area contributed by atoms with Crippen LogP contribution < -0.4 is 0 Å². The standard InChI is InChI=1S/C16H12/c1-9-5-6-10(2)14-13(9)15-11(3)7-8-12(4)16(14)15/h5-8H,1-4H2. The van der Waals surface area contributed by atoms with Crippen LogP contribution in [-0.4, -0.2) is 0 Å². The van der Waals surface area contributed by atoms with Crippen LogP contribution >= 0.6 is 0 Å². The molecule has 0 amide bonds. The van der Waals surface area contributed by atoms with Gasteiger partial charge >= 0.3 is 0 Å². The van der Waals surface area contributed by atoms with Crippen LogP contribution in [0.3, 0.4) is 0 Å². The quantitative estimate of drug-likeness (QED) is 0.518. The van der Waals surface area contributed by atoms with Gasteiger partial charge in [-0.1, -0.05) is 24.3 Å². The molecule has 76 valence electrons. The highest BCUT2D eigenvalue weighted by atomic mass is 14.3. The van der Waals surface area contributed by atoms with Gasteiger partial charge in [0.1, 0.15) is 0 Å². The third kappa shape index (κ3) is 0.996. The largest absolute Gasteiger partial charge is 0.0581 e. The molecule has 2 aromatic carbocycles. The molecule has 0 N–H and O–H groups in total. The van der Waals surface area contributed by atoms with Gasteiger partial charge in [-0.15, -0.1) is 0 Å². The number of benzene rings is 2. The predicted octanol–water partition coefficient (Wildman–Crippen LogP) is 4.06. The van der Waals surface area contributed by atoms with E-state index < -0.39 is 0 Å². The average Bonchev–Trinajstić information content (AvgIpc) is 2.19. The van der Waals surface area contributed by atoms with Gasteiger partial charge in [0.2, 0.25) is 0 Å². The van der Waals surface area contributed by atoms with Gasteiger partial charge in [0.15, 0.2) is 0 Å². The molecule has 0 spiro atoms. The van der Waals surface area contributed by atoms with Crippen LogP contribution in [0.2, 0.25) is 0 Å². The van der Waals surface area contributed by atoms with Crippen LogP contribution in [0.15, 0.2) is 24.3 Å². The smallest absolute Gasteiger partial charge is 0.00610 e. The molecule has 0 heteroatoms. The minimum atomic E-state index is 1.05. The lowest BCUT2D eigenvalue weighted by Crippen LogP contribution is -2.07. The van der Waals surface area contributed by atoms with Crippen molar-refractivity contribution < 1.29 is 0 Å². The van der Waals surface area contributed by atoms with Crippen molar-refractivity contribution in [2.75, 3.05) is 0 Å². The minimum Gasteiger partial charge on any atom is -0.0581 e. The summed E-state index contributed by atoms with van der Waals surface area (Å²) in [4.78, 5) is 0. The van der Waals surface area contributed by atoms with E-state index in [1.54, 1.807) is 0 Å². The first-order valence-electron chi connectivity index (χ1n) is 5.24. The van der Waals surface area contributed by atoms with Crippen molar-refractivity contribution >= 4 is 0 Å². The summed E-state index contributed by atoms with van der Waals surface area (Å²) in [5.41, 5.74) is 9.01. The molecule has 0 bridgehead atoms. The summed E-state index contributed by atoms with van der Waals surface area (Å²) >= 11 is 0. The molecule has 0 heterocycles. The van der Waals surface area contributed by atoms with Crippen molar-refractivity contribution in [3.8, 4) is 22.3 Å². The highest BCUT2D eigenvalue weighted by molar-refractivity contribution is 6.08. The van der Waals surface area contributed by atoms with Crippen LogP contribution in [0.5, 0.6) is 0 Å². The van der Waals surface area contributed by atoms with Gasteiger partial charge in [-0.2, -0.15) is 0 Å². The Hall–Kier alpha value is -1.56. The molecule has 0 aromatic heterocycles. The summed E-state index contributed by atoms with van der Waals surface area (Å²) in [5.74, 6) is 0. The Kier molecular flexibility index (Phi) is 1.79. The summed E-state index contributed by atoms with van der Waals surface area (Å²) in [6.45, 7) is 16.3. The van der Waals surface area contributed by atoms with Crippen molar-refractivity contribution in [1.29, 1.82) is 0 Å². The van der Waals surface area contributed by atoms with E-state index in [9.17, 15) is 0 Å². The molecule has 0 atom stereocenters. The Labute approximate surface area is 96.9 Å². The van der Waals surface area contributed by atoms with Gasteiger partial charge in [0, 0.05) is 0 Å². The fourth-order valence-corrected chi connectivity index (χ4v) is 2.46. The second-order valence-corrected chi connectivity index (χ2v) is 4.27. The van der Waals surface area contributed by atoms with Gasteiger partial charge in [0.05, 0.1) is 0 Å². The first kappa shape index (κ1) is 9.65. The van der Waals surface area contributed by atoms with Crippen molar-refractivity contribution in [3.05, 3.63) is 74.2 Å². The first-order valence-corrected chi connectivity index (χ1v) is 5.24. The summed E-state index contributed by atoms with van der Waals surface area (Å²) in [7, 11) is 0. The first-order chi connectivity index (χ1) is 7.61. The topological polar surface area (TPSA) is 0 Å². The van der Waals surface area contributed by atoms with E-state index in [1.165, 1.54) is 22.3 Å². The van der Waals surface area contributed by atoms with Crippen molar-refractivity contribution in [1.82, 2.24) is 0 Å². The third-order valence-electron chi connectivity index (χ3n) is 3.26. The third-order valence-corrected chi connectivity index (χ3v) is 3.26. The Morgan fingerprint density at radius 3 is 0.812 bits per heavy atom. The second-order valence-electron chi connectivity index (χ2n) is 4.27. The lowest BCUT2D eigenvalue weighted by atomic mass is 9.72. The lowest BCUT2D eigenvalue weighted by molar-refractivity contribution is 1.40. The Balaban J connectivity index is 2.42. The van der Waals surface area contributed by atoms with Gasteiger partial charge in [-0.25, -0.2) is 0 Å². The summed E-state index contributed by atoms with van der Waals surface area (Å²) in [6.07, 6.45) is 0. The zero-order valence-electron chi connectivity index (χ0n) is 9.14. The minimum absolute atomic E-state index is 1.05. The van der Waals surface area contributed by atoms with E-state index in [-0.39, 0.29) is 0 Å². The van der Waals surface area contributed by atoms with E-state index in [1.807, 2.05) is 24.3 Å². The van der Waals surface area contributed by atoms with E-state index in [0.717, 1.165) is 22.3 Å². The maximum atomic E-state index is 4.07. The zero-order valence-corrected chi connectivity index (χ0v) is 9.14. The average molecular weight is 204 g/mol. The molecule has 0 unspecified atom stereocenters. The summed E-state index contributed by atoms with van der Waals surface area (Å²) in [6, 6.07) is 8.05. The molecule has 1 aliphatic carbocycles. The van der Waals surface area contributed by atoms with E-state index in [4.69, 9.17) is 0 Å². The fraction of sp³-hybridized carbons (Fsp3) is 0. The predicted molar refractivity (Wildman–Crippen MR) is 68.7 cm³/mol. The molecule has 3 rings (SSSR count). The molecule has 0 fully saturated rings. The molecule has 2 aromatic rings. The van der Waals surface area contributed by atoms with Crippen LogP contribution in [-0.2, 0) is 0 Å². The van der Waals surface area contributed by atoms with Crippen LogP contribution in [0.4, 0.5) is 0 Å². The highest BCUT2D eigenvalue weighted by Gasteiger charge is 2.28. The number of fused-ring (bicyclic) bond motifs is 4. The number of hydrogen-bond donors (Lipinski definition) is 0. The fourth-order valence-electron chi connectivity index (χ4n) is 2.46. The monoisotopic (exact) mass is 204 g/mol. The molecule has 4 radical (unpaired) electrons. The summed E-state index contributed by atoms with van der Waals surface area (Å²) < 4.78 is 0. The number of hydrogen-bond acceptors (Lipinski definition) is 0. The molecule has 0 saturated carbocycles. The Morgan fingerprint density at radius 1 is 0.438 bits per heavy atom. The van der Waals surface area contributed by atoms with Crippen LogP contribution in [0, 0.1) is 27.7 Å². The van der Waals surface area contributed by atoms with Crippen molar-refractivity contribution in [3.63, 3.8) is 0 Å². The number of rotatable bonds is 0. The molecule has 1 aliphatic rings. The van der Waals surface area contributed by atoms with Crippen molar-refractivity contribution in [2.24, 2.45) is 0 Å². The van der Waals surface area contributed by atoms with E-state index >= 15 is 0 Å². The van der Waals surface area contributed by atoms with Gasteiger partial charge < -0.3 is 0 Å². The van der Waals surface area contributed by atoms with Gasteiger partial charge in [-0.05, 0) is 72.2 Å². The van der Waals surface area contributed by atoms with Gasteiger partial charge in [-0.3, -0.25) is 0 Å². The molecule has 16 heavy (non-hydrogen) atoms. The van der Waals surface area contributed by atoms with Crippen molar-refractivity contribution in [2.45, 2.75) is 0 Å². The van der Waals surface area contributed by atoms with E-state index in [2.05, 4.69) is 27.7 Å². The Morgan fingerprint density at radius 2 is 0.625 bits per heavy atom. The molecule has 0 aliphatic heterocycles. The summed E-state index contributed by atoms with van der Waals surface area (Å²) in [5, 5.41) is 0. The molecule has 0 nitrogen and oxygen atoms in total. The van der Waals surface area contributed by atoms with Gasteiger partial charge in [0.25, 0.3) is 0 Å². The SMILES string of the molecule is [CH2]c1ccc([CH2])c2c1-c1c([CH2])ccc([CH2])c1-2. The highest BCUT2D eigenvalue weighted by Crippen LogP contribution is 2.53. The normalized spacial score (nSPS) is 11.8. The molecule has 0 saturated heterocycles. The maximum Gasteiger partial charge on any atom is -0.00610 e. The molecular formula is C16H12. The molecular weight excluding hydrogens is 192 g/mol. The van der Waals surface area contributed by atoms with Crippen LogP contribution in [0.25, 0.3) is 22.3 Å². The zero-order chi connectivity index (χ0) is 11.4. The lowest BCUT2D eigenvalue weighted by Gasteiger charge is -2.31. The van der Waals surface area contributed by atoms with E-state index in [0.29, 0.717) is 0 Å². The van der Waals surface area contributed by atoms with Crippen LogP contribution in [0.1, 0.15) is 22.3 Å². The maximum absolute atomic E-state index is 4.07. The Bertz CT molecular complexity index is 480. The second kappa shape index (κ2) is 2.98.